The van der Waals surface area contributed by atoms with Crippen molar-refractivity contribution in [3.63, 3.8) is 0 Å². The summed E-state index contributed by atoms with van der Waals surface area (Å²) in [4.78, 5) is 27.5. The van der Waals surface area contributed by atoms with Gasteiger partial charge in [0.2, 0.25) is 0 Å². The molecule has 4 nitrogen and oxygen atoms in total. The van der Waals surface area contributed by atoms with Crippen LogP contribution in [0.2, 0.25) is 0 Å². The molecular weight excluding hydrogens is 252 g/mol. The summed E-state index contributed by atoms with van der Waals surface area (Å²) < 4.78 is 0. The summed E-state index contributed by atoms with van der Waals surface area (Å²) in [5.41, 5.74) is 1.45. The number of rotatable bonds is 1. The lowest BCUT2D eigenvalue weighted by molar-refractivity contribution is -0.109. The quantitative estimate of drug-likeness (QED) is 0.801. The molecule has 1 N–H and O–H groups in total. The van der Waals surface area contributed by atoms with E-state index in [2.05, 4.69) is 10.3 Å². The normalized spacial score (nSPS) is 21.6. The molecule has 4 heteroatoms. The van der Waals surface area contributed by atoms with Gasteiger partial charge in [0, 0.05) is 6.20 Å². The van der Waals surface area contributed by atoms with Crippen molar-refractivity contribution in [1.82, 2.24) is 10.3 Å². The van der Waals surface area contributed by atoms with Gasteiger partial charge in [0.15, 0.2) is 0 Å². The van der Waals surface area contributed by atoms with E-state index >= 15 is 0 Å². The number of nitrogens with one attached hydrogen (secondary N) is 1. The van der Waals surface area contributed by atoms with E-state index in [0.717, 1.165) is 44.0 Å². The number of fused-ring (bicyclic) bond motifs is 1. The highest BCUT2D eigenvalue weighted by Gasteiger charge is 2.17. The zero-order valence-corrected chi connectivity index (χ0v) is 11.8. The minimum absolute atomic E-state index is 0.225. The molecule has 0 aromatic carbocycles. The van der Waals surface area contributed by atoms with Gasteiger partial charge >= 0.3 is 0 Å². The van der Waals surface area contributed by atoms with Crippen molar-refractivity contribution < 1.29 is 9.59 Å². The Morgan fingerprint density at radius 2 is 1.90 bits per heavy atom. The van der Waals surface area contributed by atoms with Crippen molar-refractivity contribution in [1.29, 1.82) is 0 Å². The van der Waals surface area contributed by atoms with Crippen LogP contribution in [0.25, 0.3) is 0 Å². The Morgan fingerprint density at radius 1 is 1.15 bits per heavy atom. The Morgan fingerprint density at radius 3 is 2.70 bits per heavy atom. The summed E-state index contributed by atoms with van der Waals surface area (Å²) in [6.07, 6.45) is 10.9. The maximum Gasteiger partial charge on any atom is 0.270 e. The molecule has 1 amide bonds. The van der Waals surface area contributed by atoms with Crippen molar-refractivity contribution in [2.45, 2.75) is 57.4 Å². The maximum absolute atomic E-state index is 12.2. The Bertz CT molecular complexity index is 460. The van der Waals surface area contributed by atoms with Crippen LogP contribution in [0.3, 0.4) is 0 Å². The topological polar surface area (TPSA) is 59.1 Å². The Balaban J connectivity index is 2.16. The van der Waals surface area contributed by atoms with Crippen molar-refractivity contribution in [3.8, 4) is 0 Å². The Hall–Kier alpha value is -1.71. The smallest absolute Gasteiger partial charge is 0.270 e. The third kappa shape index (κ3) is 4.15. The van der Waals surface area contributed by atoms with E-state index in [1.54, 1.807) is 6.20 Å². The van der Waals surface area contributed by atoms with Crippen molar-refractivity contribution in [2.75, 3.05) is 0 Å². The van der Waals surface area contributed by atoms with Crippen LogP contribution in [0.5, 0.6) is 0 Å². The fourth-order valence-electron chi connectivity index (χ4n) is 2.64. The molecule has 20 heavy (non-hydrogen) atoms. The van der Waals surface area contributed by atoms with Gasteiger partial charge in [-0.2, -0.15) is 0 Å². The fraction of sp³-hybridized carbons (Fsp3) is 0.562. The first kappa shape index (κ1) is 14.7. The molecule has 108 valence electrons. The Kier molecular flexibility index (Phi) is 5.71. The van der Waals surface area contributed by atoms with Gasteiger partial charge in [0.25, 0.3) is 5.91 Å². The molecule has 1 aliphatic heterocycles. The van der Waals surface area contributed by atoms with Gasteiger partial charge in [-0.25, -0.2) is 0 Å². The van der Waals surface area contributed by atoms with Gasteiger partial charge in [0.05, 0.1) is 6.04 Å². The first-order chi connectivity index (χ1) is 9.81. The molecule has 1 aromatic rings. The van der Waals surface area contributed by atoms with E-state index in [4.69, 9.17) is 0 Å². The van der Waals surface area contributed by atoms with Gasteiger partial charge in [0.1, 0.15) is 12.0 Å². The maximum atomic E-state index is 12.2. The second-order valence-corrected chi connectivity index (χ2v) is 5.39. The zero-order chi connectivity index (χ0) is 14.2. The first-order valence-electron chi connectivity index (χ1n) is 7.51. The first-order valence-corrected chi connectivity index (χ1v) is 7.51. The van der Waals surface area contributed by atoms with Gasteiger partial charge in [-0.3, -0.25) is 9.78 Å². The molecule has 0 bridgehead atoms. The zero-order valence-electron chi connectivity index (χ0n) is 11.8. The molecule has 0 saturated carbocycles. The highest BCUT2D eigenvalue weighted by atomic mass is 16.2. The number of aryl methyl sites for hydroxylation is 1. The molecule has 2 rings (SSSR count). The van der Waals surface area contributed by atoms with Gasteiger partial charge in [-0.15, -0.1) is 0 Å². The molecule has 1 atom stereocenters. The van der Waals surface area contributed by atoms with Crippen LogP contribution in [0.4, 0.5) is 0 Å². The molecule has 0 aliphatic carbocycles. The van der Waals surface area contributed by atoms with Crippen LogP contribution in [-0.2, 0) is 11.2 Å². The molecule has 2 heterocycles. The van der Waals surface area contributed by atoms with E-state index < -0.39 is 6.04 Å². The minimum Gasteiger partial charge on any atom is -0.341 e. The van der Waals surface area contributed by atoms with E-state index in [0.29, 0.717) is 5.69 Å². The van der Waals surface area contributed by atoms with Gasteiger partial charge in [-0.05, 0) is 30.9 Å². The Labute approximate surface area is 120 Å². The van der Waals surface area contributed by atoms with E-state index in [1.807, 2.05) is 12.1 Å². The third-order valence-electron chi connectivity index (χ3n) is 3.80. The summed E-state index contributed by atoms with van der Waals surface area (Å²) in [7, 11) is 0. The molecule has 0 radical (unpaired) electrons. The van der Waals surface area contributed by atoms with Gasteiger partial charge in [-0.1, -0.05) is 38.2 Å². The summed E-state index contributed by atoms with van der Waals surface area (Å²) in [6, 6.07) is 3.43. The third-order valence-corrected chi connectivity index (χ3v) is 3.80. The number of carbonyl (C=O) groups excluding carboxylic acids is 2. The van der Waals surface area contributed by atoms with Crippen LogP contribution in [0.15, 0.2) is 18.3 Å². The largest absolute Gasteiger partial charge is 0.341 e. The second kappa shape index (κ2) is 7.78. The molecule has 0 spiro atoms. The number of nitrogens with zero attached hydrogens (tertiary/aromatic N) is 1. The predicted molar refractivity (Wildman–Crippen MR) is 77.6 cm³/mol. The molecular formula is C16H22N2O2. The van der Waals surface area contributed by atoms with Crippen molar-refractivity contribution >= 4 is 12.2 Å². The fourth-order valence-corrected chi connectivity index (χ4v) is 2.64. The number of amides is 1. The highest BCUT2D eigenvalue weighted by Crippen LogP contribution is 2.15. The van der Waals surface area contributed by atoms with E-state index in [-0.39, 0.29) is 5.91 Å². The van der Waals surface area contributed by atoms with Crippen LogP contribution in [-0.4, -0.2) is 23.2 Å². The number of hydrogen-bond acceptors (Lipinski definition) is 3. The summed E-state index contributed by atoms with van der Waals surface area (Å²) in [5, 5.41) is 2.79. The van der Waals surface area contributed by atoms with Crippen LogP contribution in [0, 0.1) is 0 Å². The van der Waals surface area contributed by atoms with E-state index in [9.17, 15) is 9.59 Å². The average Bonchev–Trinajstić information content (AvgIpc) is 2.49. The summed E-state index contributed by atoms with van der Waals surface area (Å²) >= 11 is 0. The number of hydrogen-bond donors (Lipinski definition) is 1. The van der Waals surface area contributed by atoms with Crippen LogP contribution >= 0.6 is 0 Å². The number of carbonyl (C=O) groups is 2. The average molecular weight is 274 g/mol. The van der Waals surface area contributed by atoms with Crippen molar-refractivity contribution in [3.05, 3.63) is 29.6 Å². The second-order valence-electron chi connectivity index (χ2n) is 5.39. The lowest BCUT2D eigenvalue weighted by Gasteiger charge is -2.13. The number of pyridine rings is 1. The summed E-state index contributed by atoms with van der Waals surface area (Å²) in [6.45, 7) is 0. The SMILES string of the molecule is O=C[C@@H]1CCCCCCCCc2cccnc2C(=O)N1. The van der Waals surface area contributed by atoms with Gasteiger partial charge < -0.3 is 10.1 Å². The molecule has 1 aromatic heterocycles. The predicted octanol–water partition coefficient (Wildman–Crippen LogP) is 2.67. The molecule has 1 aliphatic rings. The lowest BCUT2D eigenvalue weighted by Crippen LogP contribution is -2.36. The van der Waals surface area contributed by atoms with E-state index in [1.165, 1.54) is 19.3 Å². The monoisotopic (exact) mass is 274 g/mol. The van der Waals surface area contributed by atoms with Crippen LogP contribution < -0.4 is 5.32 Å². The molecule has 0 saturated heterocycles. The molecule has 0 unspecified atom stereocenters. The summed E-state index contributed by atoms with van der Waals surface area (Å²) in [5.74, 6) is -0.225. The lowest BCUT2D eigenvalue weighted by atomic mass is 10.0. The minimum atomic E-state index is -0.391. The molecule has 0 fully saturated rings. The standard InChI is InChI=1S/C16H22N2O2/c19-12-14-10-6-4-2-1-3-5-8-13-9-7-11-17-15(13)16(20)18-14/h7,9,11-12,14H,1-6,8,10H2,(H,18,20)/t14-/m0/s1. The van der Waals surface area contributed by atoms with Crippen molar-refractivity contribution in [2.24, 2.45) is 0 Å². The van der Waals surface area contributed by atoms with Crippen LogP contribution in [0.1, 0.15) is 61.0 Å². The highest BCUT2D eigenvalue weighted by molar-refractivity contribution is 5.95. The number of aldehydes is 1. The number of aromatic nitrogens is 1.